The van der Waals surface area contributed by atoms with Gasteiger partial charge < -0.3 is 4.90 Å². The van der Waals surface area contributed by atoms with E-state index in [-0.39, 0.29) is 11.5 Å². The Morgan fingerprint density at radius 1 is 1.25 bits per heavy atom. The molecule has 0 N–H and O–H groups in total. The molecule has 1 aromatic carbocycles. The Hall–Kier alpha value is -1.29. The minimum absolute atomic E-state index is 0.0302. The number of rotatable bonds is 5. The number of nitrogens with zero attached hydrogens (tertiary/aromatic N) is 1. The van der Waals surface area contributed by atoms with E-state index < -0.39 is 9.84 Å². The number of sulfone groups is 1. The average Bonchev–Trinajstić information content (AvgIpc) is 2.17. The first-order chi connectivity index (χ1) is 7.44. The Kier molecular flexibility index (Phi) is 4.12. The van der Waals surface area contributed by atoms with Gasteiger partial charge in [-0.3, -0.25) is 0 Å². The van der Waals surface area contributed by atoms with Crippen molar-refractivity contribution in [3.8, 4) is 0 Å². The van der Waals surface area contributed by atoms with Gasteiger partial charge in [-0.15, -0.1) is 6.58 Å². The van der Waals surface area contributed by atoms with Crippen molar-refractivity contribution in [2.75, 3.05) is 24.7 Å². The molecule has 0 amide bonds. The molecule has 4 heteroatoms. The summed E-state index contributed by atoms with van der Waals surface area (Å²) in [5.41, 5.74) is 1.87. The van der Waals surface area contributed by atoms with Crippen molar-refractivity contribution in [1.82, 2.24) is 0 Å². The molecule has 0 aromatic heterocycles. The third-order valence-corrected chi connectivity index (χ3v) is 3.73. The van der Waals surface area contributed by atoms with Gasteiger partial charge in [0, 0.05) is 19.8 Å². The van der Waals surface area contributed by atoms with Crippen molar-refractivity contribution in [1.29, 1.82) is 0 Å². The summed E-state index contributed by atoms with van der Waals surface area (Å²) in [6.07, 6.45) is 1.42. The Morgan fingerprint density at radius 3 is 2.25 bits per heavy atom. The van der Waals surface area contributed by atoms with E-state index in [2.05, 4.69) is 6.58 Å². The van der Waals surface area contributed by atoms with E-state index in [1.807, 2.05) is 43.3 Å². The van der Waals surface area contributed by atoms with Gasteiger partial charge in [0.1, 0.15) is 0 Å². The zero-order chi connectivity index (χ0) is 12.2. The quantitative estimate of drug-likeness (QED) is 0.736. The molecule has 0 aliphatic rings. The summed E-state index contributed by atoms with van der Waals surface area (Å²) < 4.78 is 23.1. The van der Waals surface area contributed by atoms with Crippen LogP contribution in [0.3, 0.4) is 0 Å². The molecule has 0 atom stereocenters. The molecule has 88 valence electrons. The molecule has 0 spiro atoms. The van der Waals surface area contributed by atoms with Gasteiger partial charge >= 0.3 is 0 Å². The summed E-state index contributed by atoms with van der Waals surface area (Å²) >= 11 is 0. The van der Waals surface area contributed by atoms with Crippen molar-refractivity contribution in [3.05, 3.63) is 42.5 Å². The van der Waals surface area contributed by atoms with E-state index in [0.717, 1.165) is 11.3 Å². The molecule has 0 saturated heterocycles. The molecular formula is C12H17NO2S. The van der Waals surface area contributed by atoms with E-state index >= 15 is 0 Å². The fraction of sp³-hybridized carbons (Fsp3) is 0.333. The lowest BCUT2D eigenvalue weighted by molar-refractivity contribution is 0.598. The van der Waals surface area contributed by atoms with Gasteiger partial charge in [-0.2, -0.15) is 0 Å². The van der Waals surface area contributed by atoms with Crippen molar-refractivity contribution in [2.45, 2.75) is 5.75 Å². The van der Waals surface area contributed by atoms with Crippen LogP contribution in [0.4, 0.5) is 5.69 Å². The molecule has 0 bridgehead atoms. The van der Waals surface area contributed by atoms with E-state index in [1.54, 1.807) is 0 Å². The predicted molar refractivity (Wildman–Crippen MR) is 68.5 cm³/mol. The van der Waals surface area contributed by atoms with Crippen molar-refractivity contribution in [2.24, 2.45) is 0 Å². The highest BCUT2D eigenvalue weighted by atomic mass is 32.2. The first-order valence-corrected chi connectivity index (χ1v) is 6.84. The first-order valence-electron chi connectivity index (χ1n) is 5.02. The zero-order valence-corrected chi connectivity index (χ0v) is 10.5. The topological polar surface area (TPSA) is 37.4 Å². The van der Waals surface area contributed by atoms with Crippen LogP contribution in [0.25, 0.3) is 0 Å². The lowest BCUT2D eigenvalue weighted by atomic mass is 10.2. The average molecular weight is 239 g/mol. The summed E-state index contributed by atoms with van der Waals surface area (Å²) in [5, 5.41) is 0. The number of hydrogen-bond acceptors (Lipinski definition) is 3. The van der Waals surface area contributed by atoms with Gasteiger partial charge in [-0.05, 0) is 17.7 Å². The van der Waals surface area contributed by atoms with Crippen LogP contribution in [0.5, 0.6) is 0 Å². The summed E-state index contributed by atoms with van der Waals surface area (Å²) in [5.74, 6) is 0.106. The summed E-state index contributed by atoms with van der Waals surface area (Å²) in [6.45, 7) is 3.44. The van der Waals surface area contributed by atoms with Crippen molar-refractivity contribution >= 4 is 15.5 Å². The van der Waals surface area contributed by atoms with Gasteiger partial charge in [0.25, 0.3) is 0 Å². The van der Waals surface area contributed by atoms with Crippen molar-refractivity contribution < 1.29 is 8.42 Å². The van der Waals surface area contributed by atoms with E-state index in [0.29, 0.717) is 0 Å². The van der Waals surface area contributed by atoms with Crippen LogP contribution in [-0.2, 0) is 15.6 Å². The Balaban J connectivity index is 2.80. The zero-order valence-electron chi connectivity index (χ0n) is 9.68. The fourth-order valence-electron chi connectivity index (χ4n) is 1.38. The second-order valence-corrected chi connectivity index (χ2v) is 6.01. The molecule has 1 aromatic rings. The van der Waals surface area contributed by atoms with Gasteiger partial charge in [0.05, 0.1) is 11.5 Å². The van der Waals surface area contributed by atoms with Crippen LogP contribution in [-0.4, -0.2) is 28.3 Å². The third kappa shape index (κ3) is 3.70. The largest absolute Gasteiger partial charge is 0.378 e. The van der Waals surface area contributed by atoms with Crippen LogP contribution in [0.1, 0.15) is 5.56 Å². The number of anilines is 1. The highest BCUT2D eigenvalue weighted by Crippen LogP contribution is 2.14. The highest BCUT2D eigenvalue weighted by Gasteiger charge is 2.09. The Morgan fingerprint density at radius 2 is 1.81 bits per heavy atom. The molecule has 0 aliphatic heterocycles. The minimum atomic E-state index is -3.05. The monoisotopic (exact) mass is 239 g/mol. The smallest absolute Gasteiger partial charge is 0.157 e. The van der Waals surface area contributed by atoms with Crippen LogP contribution in [0.2, 0.25) is 0 Å². The van der Waals surface area contributed by atoms with Crippen LogP contribution in [0.15, 0.2) is 36.9 Å². The van der Waals surface area contributed by atoms with Gasteiger partial charge in [0.15, 0.2) is 9.84 Å². The van der Waals surface area contributed by atoms with Crippen LogP contribution >= 0.6 is 0 Å². The lowest BCUT2D eigenvalue weighted by Crippen LogP contribution is -2.09. The molecular weight excluding hydrogens is 222 g/mol. The molecule has 0 unspecified atom stereocenters. The third-order valence-electron chi connectivity index (χ3n) is 2.21. The molecule has 16 heavy (non-hydrogen) atoms. The van der Waals surface area contributed by atoms with E-state index in [1.165, 1.54) is 6.08 Å². The summed E-state index contributed by atoms with van der Waals surface area (Å²) in [7, 11) is 0.846. The van der Waals surface area contributed by atoms with Crippen molar-refractivity contribution in [3.63, 3.8) is 0 Å². The summed E-state index contributed by atoms with van der Waals surface area (Å²) in [4.78, 5) is 1.97. The Labute approximate surface area is 97.3 Å². The number of benzene rings is 1. The second kappa shape index (κ2) is 5.16. The molecule has 0 fully saturated rings. The molecule has 0 radical (unpaired) electrons. The first kappa shape index (κ1) is 12.8. The SMILES string of the molecule is C=CCS(=O)(=O)Cc1ccc(N(C)C)cc1. The standard InChI is InChI=1S/C12H17NO2S/c1-4-9-16(14,15)10-11-5-7-12(8-6-11)13(2)3/h4-8H,1,9-10H2,2-3H3. The van der Waals surface area contributed by atoms with Crippen LogP contribution < -0.4 is 4.90 Å². The highest BCUT2D eigenvalue weighted by molar-refractivity contribution is 7.90. The maximum Gasteiger partial charge on any atom is 0.157 e. The molecule has 0 saturated carbocycles. The molecule has 3 nitrogen and oxygen atoms in total. The normalized spacial score (nSPS) is 11.1. The fourth-order valence-corrected chi connectivity index (χ4v) is 2.56. The lowest BCUT2D eigenvalue weighted by Gasteiger charge is -2.12. The maximum absolute atomic E-state index is 11.5. The molecule has 0 heterocycles. The van der Waals surface area contributed by atoms with E-state index in [4.69, 9.17) is 0 Å². The second-order valence-electron chi connectivity index (χ2n) is 3.90. The summed E-state index contributed by atoms with van der Waals surface area (Å²) in [6, 6.07) is 7.52. The van der Waals surface area contributed by atoms with Gasteiger partial charge in [0.2, 0.25) is 0 Å². The maximum atomic E-state index is 11.5. The van der Waals surface area contributed by atoms with E-state index in [9.17, 15) is 8.42 Å². The van der Waals surface area contributed by atoms with Gasteiger partial charge in [-0.25, -0.2) is 8.42 Å². The Bertz CT molecular complexity index is 446. The molecule has 1 rings (SSSR count). The minimum Gasteiger partial charge on any atom is -0.378 e. The van der Waals surface area contributed by atoms with Gasteiger partial charge in [-0.1, -0.05) is 18.2 Å². The predicted octanol–water partition coefficient (Wildman–Crippen LogP) is 1.85. The molecule has 0 aliphatic carbocycles. The number of hydrogen-bond donors (Lipinski definition) is 0. The van der Waals surface area contributed by atoms with Crippen LogP contribution in [0, 0.1) is 0 Å².